The fraction of sp³-hybridized carbons (Fsp3) is 0. The third-order valence-electron chi connectivity index (χ3n) is 9.04. The maximum atomic E-state index is 6.21. The zero-order chi connectivity index (χ0) is 31.6. The molecule has 10 rings (SSSR count). The van der Waals surface area contributed by atoms with Gasteiger partial charge in [-0.15, -0.1) is 0 Å². The largest absolute Gasteiger partial charge is 0.456 e. The molecule has 224 valence electrons. The lowest BCUT2D eigenvalue weighted by Gasteiger charge is -2.12. The molecule has 0 spiro atoms. The number of benzene rings is 6. The van der Waals surface area contributed by atoms with Crippen LogP contribution in [0.15, 0.2) is 155 Å². The van der Waals surface area contributed by atoms with Gasteiger partial charge in [-0.1, -0.05) is 103 Å². The van der Waals surface area contributed by atoms with Gasteiger partial charge in [-0.25, -0.2) is 15.0 Å². The molecule has 0 aliphatic rings. The number of nitrogens with zero attached hydrogens (tertiary/aromatic N) is 4. The molecule has 0 radical (unpaired) electrons. The molecule has 6 heteroatoms. The monoisotopic (exact) mass is 616 g/mol. The summed E-state index contributed by atoms with van der Waals surface area (Å²) in [6.07, 6.45) is 3.52. The highest BCUT2D eigenvalue weighted by Gasteiger charge is 2.19. The lowest BCUT2D eigenvalue weighted by atomic mass is 9.94. The Kier molecular flexibility index (Phi) is 5.77. The molecule has 4 aromatic heterocycles. The van der Waals surface area contributed by atoms with Gasteiger partial charge in [0, 0.05) is 44.4 Å². The van der Waals surface area contributed by atoms with Gasteiger partial charge in [0.15, 0.2) is 23.1 Å². The van der Waals surface area contributed by atoms with Gasteiger partial charge in [-0.2, -0.15) is 0 Å². The van der Waals surface area contributed by atoms with Crippen LogP contribution in [-0.2, 0) is 0 Å². The number of rotatable bonds is 4. The first-order valence-corrected chi connectivity index (χ1v) is 15.8. The van der Waals surface area contributed by atoms with E-state index in [4.69, 9.17) is 23.8 Å². The zero-order valence-corrected chi connectivity index (χ0v) is 25.5. The molecule has 0 aliphatic carbocycles. The van der Waals surface area contributed by atoms with Crippen molar-refractivity contribution in [3.8, 4) is 45.3 Å². The molecule has 0 atom stereocenters. The lowest BCUT2D eigenvalue weighted by molar-refractivity contribution is 0.667. The van der Waals surface area contributed by atoms with E-state index in [1.165, 1.54) is 0 Å². The van der Waals surface area contributed by atoms with Crippen molar-refractivity contribution in [2.75, 3.05) is 0 Å². The van der Waals surface area contributed by atoms with E-state index in [2.05, 4.69) is 65.6 Å². The third-order valence-corrected chi connectivity index (χ3v) is 9.04. The van der Waals surface area contributed by atoms with Crippen LogP contribution in [0.5, 0.6) is 0 Å². The molecule has 6 aromatic carbocycles. The molecule has 0 amide bonds. The average Bonchev–Trinajstić information content (AvgIpc) is 3.73. The molecule has 0 bridgehead atoms. The Morgan fingerprint density at radius 1 is 0.396 bits per heavy atom. The topological polar surface area (TPSA) is 77.8 Å². The van der Waals surface area contributed by atoms with Gasteiger partial charge in [0.25, 0.3) is 0 Å². The van der Waals surface area contributed by atoms with Crippen molar-refractivity contribution in [3.63, 3.8) is 0 Å². The number of furan rings is 2. The molecule has 48 heavy (non-hydrogen) atoms. The van der Waals surface area contributed by atoms with Crippen LogP contribution >= 0.6 is 0 Å². The second-order valence-corrected chi connectivity index (χ2v) is 11.8. The first kappa shape index (κ1) is 26.5. The van der Waals surface area contributed by atoms with Crippen LogP contribution in [0.4, 0.5) is 0 Å². The Labute approximate surface area is 274 Å². The second kappa shape index (κ2) is 10.4. The molecule has 0 unspecified atom stereocenters. The molecule has 0 N–H and O–H groups in total. The van der Waals surface area contributed by atoms with Gasteiger partial charge in [-0.3, -0.25) is 4.98 Å². The van der Waals surface area contributed by atoms with Crippen LogP contribution in [0, 0.1) is 0 Å². The summed E-state index contributed by atoms with van der Waals surface area (Å²) in [6, 6.07) is 45.3. The van der Waals surface area contributed by atoms with Crippen LogP contribution in [0.2, 0.25) is 0 Å². The van der Waals surface area contributed by atoms with E-state index in [0.29, 0.717) is 17.5 Å². The van der Waals surface area contributed by atoms with Crippen molar-refractivity contribution in [1.29, 1.82) is 0 Å². The summed E-state index contributed by atoms with van der Waals surface area (Å²) in [6.45, 7) is 0. The van der Waals surface area contributed by atoms with Gasteiger partial charge in [0.1, 0.15) is 16.7 Å². The zero-order valence-electron chi connectivity index (χ0n) is 25.5. The van der Waals surface area contributed by atoms with E-state index in [0.717, 1.165) is 82.5 Å². The fourth-order valence-electron chi connectivity index (χ4n) is 6.87. The smallest absolute Gasteiger partial charge is 0.164 e. The van der Waals surface area contributed by atoms with Crippen LogP contribution < -0.4 is 0 Å². The Hall–Kier alpha value is -6.66. The van der Waals surface area contributed by atoms with E-state index in [1.807, 2.05) is 72.8 Å². The van der Waals surface area contributed by atoms with Crippen LogP contribution in [0.3, 0.4) is 0 Å². The minimum absolute atomic E-state index is 0.580. The van der Waals surface area contributed by atoms with E-state index in [-0.39, 0.29) is 0 Å². The Morgan fingerprint density at radius 2 is 1.04 bits per heavy atom. The average molecular weight is 617 g/mol. The summed E-state index contributed by atoms with van der Waals surface area (Å²) in [5.74, 6) is 1.78. The minimum atomic E-state index is 0.580. The standard InChI is InChI=1S/C42H24N4O2/c1-2-9-25(10-3-1)40-44-41(46-42(45-40)33-15-8-18-36-39(33)32-21-22-43-24-37(32)48-36)27-19-20-28-26(23-27)11-6-13-29(28)30-14-7-17-35-38(30)31-12-4-5-16-34(31)47-35/h1-24H. The molecular weight excluding hydrogens is 592 g/mol. The van der Waals surface area contributed by atoms with Gasteiger partial charge in [-0.05, 0) is 52.2 Å². The molecule has 0 aliphatic heterocycles. The van der Waals surface area contributed by atoms with Crippen molar-refractivity contribution in [2.45, 2.75) is 0 Å². The highest BCUT2D eigenvalue weighted by molar-refractivity contribution is 6.15. The molecule has 0 saturated heterocycles. The fourth-order valence-corrected chi connectivity index (χ4v) is 6.87. The number of pyridine rings is 1. The predicted molar refractivity (Wildman–Crippen MR) is 191 cm³/mol. The number of para-hydroxylation sites is 1. The van der Waals surface area contributed by atoms with E-state index < -0.39 is 0 Å². The first-order chi connectivity index (χ1) is 23.8. The van der Waals surface area contributed by atoms with Crippen LogP contribution in [0.25, 0.3) is 99.9 Å². The summed E-state index contributed by atoms with van der Waals surface area (Å²) >= 11 is 0. The van der Waals surface area contributed by atoms with Crippen molar-refractivity contribution in [1.82, 2.24) is 19.9 Å². The predicted octanol–water partition coefficient (Wildman–Crippen LogP) is 10.9. The van der Waals surface area contributed by atoms with Crippen molar-refractivity contribution in [2.24, 2.45) is 0 Å². The van der Waals surface area contributed by atoms with E-state index >= 15 is 0 Å². The molecule has 0 saturated carbocycles. The van der Waals surface area contributed by atoms with Crippen molar-refractivity contribution >= 4 is 54.6 Å². The molecule has 0 fully saturated rings. The van der Waals surface area contributed by atoms with Crippen molar-refractivity contribution in [3.05, 3.63) is 146 Å². The van der Waals surface area contributed by atoms with Crippen LogP contribution in [0.1, 0.15) is 0 Å². The molecule has 10 aromatic rings. The highest BCUT2D eigenvalue weighted by Crippen LogP contribution is 2.40. The SMILES string of the molecule is c1ccc(-c2nc(-c3ccc4c(-c5cccc6oc7ccccc7c56)cccc4c3)nc(-c3cccc4oc5cnccc5c34)n2)cc1. The van der Waals surface area contributed by atoms with Crippen molar-refractivity contribution < 1.29 is 8.83 Å². The summed E-state index contributed by atoms with van der Waals surface area (Å²) in [4.78, 5) is 19.4. The molecule has 4 heterocycles. The minimum Gasteiger partial charge on any atom is -0.456 e. The second-order valence-electron chi connectivity index (χ2n) is 11.8. The quantitative estimate of drug-likeness (QED) is 0.196. The first-order valence-electron chi connectivity index (χ1n) is 15.8. The van der Waals surface area contributed by atoms with Gasteiger partial charge < -0.3 is 8.83 Å². The van der Waals surface area contributed by atoms with E-state index in [1.54, 1.807) is 12.4 Å². The summed E-state index contributed by atoms with van der Waals surface area (Å²) < 4.78 is 12.4. The lowest BCUT2D eigenvalue weighted by Crippen LogP contribution is -2.00. The van der Waals surface area contributed by atoms with Gasteiger partial charge >= 0.3 is 0 Å². The van der Waals surface area contributed by atoms with Gasteiger partial charge in [0.05, 0.1) is 6.20 Å². The van der Waals surface area contributed by atoms with Crippen LogP contribution in [-0.4, -0.2) is 19.9 Å². The number of hydrogen-bond acceptors (Lipinski definition) is 6. The maximum absolute atomic E-state index is 6.21. The molecular formula is C42H24N4O2. The summed E-state index contributed by atoms with van der Waals surface area (Å²) in [5.41, 5.74) is 8.23. The Morgan fingerprint density at radius 3 is 1.92 bits per heavy atom. The normalized spacial score (nSPS) is 11.8. The third kappa shape index (κ3) is 4.13. The molecule has 6 nitrogen and oxygen atoms in total. The highest BCUT2D eigenvalue weighted by atomic mass is 16.3. The Bertz CT molecular complexity index is 2850. The van der Waals surface area contributed by atoms with E-state index in [9.17, 15) is 0 Å². The number of aromatic nitrogens is 4. The van der Waals surface area contributed by atoms with Gasteiger partial charge in [0.2, 0.25) is 0 Å². The Balaban J connectivity index is 1.17. The summed E-state index contributed by atoms with van der Waals surface area (Å²) in [5, 5.41) is 6.39. The number of fused-ring (bicyclic) bond motifs is 7. The number of hydrogen-bond donors (Lipinski definition) is 0. The maximum Gasteiger partial charge on any atom is 0.164 e. The summed E-state index contributed by atoms with van der Waals surface area (Å²) in [7, 11) is 0.